The summed E-state index contributed by atoms with van der Waals surface area (Å²) in [6.07, 6.45) is -7.48. The molecule has 0 amide bonds. The van der Waals surface area contributed by atoms with Gasteiger partial charge in [-0.3, -0.25) is 0 Å². The Labute approximate surface area is 192 Å². The van der Waals surface area contributed by atoms with E-state index in [1.165, 1.54) is 0 Å². The van der Waals surface area contributed by atoms with E-state index in [9.17, 15) is 35.7 Å². The zero-order valence-electron chi connectivity index (χ0n) is 18.8. The molecule has 11 nitrogen and oxygen atoms in total. The molecule has 11 heteroatoms. The summed E-state index contributed by atoms with van der Waals surface area (Å²) in [6, 6.07) is 0. The molecule has 0 radical (unpaired) electrons. The van der Waals surface area contributed by atoms with Crippen molar-refractivity contribution in [2.45, 2.75) is 112 Å². The molecule has 2 saturated carbocycles. The minimum Gasteiger partial charge on any atom is -0.427 e. The van der Waals surface area contributed by atoms with E-state index in [4.69, 9.17) is 18.9 Å². The van der Waals surface area contributed by atoms with Gasteiger partial charge in [-0.25, -0.2) is 0 Å². The first-order chi connectivity index (χ1) is 15.7. The third-order valence-electron chi connectivity index (χ3n) is 8.01. The van der Waals surface area contributed by atoms with Crippen LogP contribution in [0.1, 0.15) is 38.5 Å². The van der Waals surface area contributed by atoms with Gasteiger partial charge in [-0.15, -0.1) is 0 Å². The average Bonchev–Trinajstić information content (AvgIpc) is 2.79. The number of rotatable bonds is 5. The largest absolute Gasteiger partial charge is 0.427 e. The number of aliphatic hydroxyl groups is 9. The van der Waals surface area contributed by atoms with E-state index in [0.717, 1.165) is 0 Å². The van der Waals surface area contributed by atoms with E-state index in [1.807, 2.05) is 0 Å². The highest BCUT2D eigenvalue weighted by atomic mass is 16.7. The van der Waals surface area contributed by atoms with E-state index in [1.54, 1.807) is 7.11 Å². The zero-order chi connectivity index (χ0) is 23.9. The maximum absolute atomic E-state index is 10.6. The molecule has 0 aromatic heterocycles. The minimum atomic E-state index is -1.55. The van der Waals surface area contributed by atoms with Crippen LogP contribution in [-0.2, 0) is 14.2 Å². The average molecular weight is 480 g/mol. The van der Waals surface area contributed by atoms with E-state index in [-0.39, 0.29) is 36.6 Å². The molecular formula is C22H39O11+. The molecule has 0 aromatic rings. The highest BCUT2D eigenvalue weighted by molar-refractivity contribution is 4.98. The van der Waals surface area contributed by atoms with Gasteiger partial charge in [-0.2, -0.15) is 0 Å². The molecule has 8 N–H and O–H groups in total. The molecule has 192 valence electrons. The first kappa shape index (κ1) is 25.6. The van der Waals surface area contributed by atoms with Crippen molar-refractivity contribution >= 4 is 0 Å². The van der Waals surface area contributed by atoms with Crippen molar-refractivity contribution in [1.82, 2.24) is 0 Å². The fraction of sp³-hybridized carbons (Fsp3) is 1.00. The summed E-state index contributed by atoms with van der Waals surface area (Å²) in [5, 5.41) is 71.2. The first-order valence-electron chi connectivity index (χ1n) is 12.0. The molecule has 14 atom stereocenters. The zero-order valence-corrected chi connectivity index (χ0v) is 18.8. The Morgan fingerprint density at radius 2 is 1.61 bits per heavy atom. The maximum Gasteiger partial charge on any atom is 0.187 e. The molecule has 2 heterocycles. The van der Waals surface area contributed by atoms with Crippen molar-refractivity contribution in [2.24, 2.45) is 11.8 Å². The van der Waals surface area contributed by atoms with E-state index < -0.39 is 61.7 Å². The van der Waals surface area contributed by atoms with Crippen LogP contribution < -0.4 is 0 Å². The summed E-state index contributed by atoms with van der Waals surface area (Å²) in [6.45, 7) is -0.555. The highest BCUT2D eigenvalue weighted by Gasteiger charge is 2.54. The lowest BCUT2D eigenvalue weighted by molar-refractivity contribution is -0.356. The third kappa shape index (κ3) is 5.24. The summed E-state index contributed by atoms with van der Waals surface area (Å²) in [7, 11) is 1.56. The van der Waals surface area contributed by atoms with Crippen LogP contribution in [0.15, 0.2) is 0 Å². The minimum absolute atomic E-state index is 0.00500. The van der Waals surface area contributed by atoms with Crippen LogP contribution in [0.25, 0.3) is 0 Å². The van der Waals surface area contributed by atoms with Crippen molar-refractivity contribution in [3.63, 3.8) is 0 Å². The van der Waals surface area contributed by atoms with Crippen LogP contribution in [0.5, 0.6) is 0 Å². The fourth-order valence-electron chi connectivity index (χ4n) is 6.09. The highest BCUT2D eigenvalue weighted by Crippen LogP contribution is 2.42. The van der Waals surface area contributed by atoms with Crippen molar-refractivity contribution in [1.29, 1.82) is 0 Å². The summed E-state index contributed by atoms with van der Waals surface area (Å²) < 4.78 is 22.2. The van der Waals surface area contributed by atoms with Gasteiger partial charge < -0.3 is 54.7 Å². The van der Waals surface area contributed by atoms with Crippen LogP contribution in [0, 0.1) is 11.8 Å². The van der Waals surface area contributed by atoms with Crippen molar-refractivity contribution in [2.75, 3.05) is 13.7 Å². The smallest absolute Gasteiger partial charge is 0.187 e. The molecule has 2 aliphatic carbocycles. The lowest BCUT2D eigenvalue weighted by atomic mass is 9.72. The van der Waals surface area contributed by atoms with Gasteiger partial charge in [0, 0.05) is 25.9 Å². The second-order valence-corrected chi connectivity index (χ2v) is 10.1. The molecule has 0 bridgehead atoms. The molecule has 2 saturated heterocycles. The van der Waals surface area contributed by atoms with Crippen molar-refractivity contribution in [3.8, 4) is 0 Å². The number of ether oxygens (including phenoxy) is 4. The Bertz CT molecular complexity index is 635. The quantitative estimate of drug-likeness (QED) is 0.203. The normalized spacial score (nSPS) is 53.5. The number of hydrogen-bond acceptors (Lipinski definition) is 10. The molecule has 0 spiro atoms. The lowest BCUT2D eigenvalue weighted by Crippen LogP contribution is -2.63. The molecular weight excluding hydrogens is 440 g/mol. The molecule has 4 aliphatic rings. The topological polar surface area (TPSA) is 182 Å². The van der Waals surface area contributed by atoms with E-state index in [0.29, 0.717) is 32.1 Å². The van der Waals surface area contributed by atoms with Crippen LogP contribution >= 0.6 is 0 Å². The number of methoxy groups -OCH3 is 1. The Hall–Kier alpha value is -0.440. The molecule has 4 rings (SSSR count). The summed E-state index contributed by atoms with van der Waals surface area (Å²) in [5.74, 6) is -0.225. The first-order valence-corrected chi connectivity index (χ1v) is 12.0. The van der Waals surface area contributed by atoms with Crippen LogP contribution in [0.3, 0.4) is 0 Å². The fourth-order valence-corrected chi connectivity index (χ4v) is 6.09. The van der Waals surface area contributed by atoms with Gasteiger partial charge >= 0.3 is 0 Å². The van der Waals surface area contributed by atoms with Gasteiger partial charge in [0.05, 0.1) is 36.9 Å². The second-order valence-electron chi connectivity index (χ2n) is 10.1. The Balaban J connectivity index is 1.54. The number of fused-ring (bicyclic) bond motifs is 1. The summed E-state index contributed by atoms with van der Waals surface area (Å²) >= 11 is 0. The lowest BCUT2D eigenvalue weighted by Gasteiger charge is -2.48. The van der Waals surface area contributed by atoms with Crippen LogP contribution in [0.2, 0.25) is 0 Å². The molecule has 0 aromatic carbocycles. The molecule has 14 unspecified atom stereocenters. The van der Waals surface area contributed by atoms with Gasteiger partial charge in [-0.05, 0) is 25.7 Å². The number of hydrogen-bond donors (Lipinski definition) is 7. The van der Waals surface area contributed by atoms with Gasteiger partial charge in [0.25, 0.3) is 0 Å². The van der Waals surface area contributed by atoms with Crippen LogP contribution in [0.4, 0.5) is 0 Å². The summed E-state index contributed by atoms with van der Waals surface area (Å²) in [4.78, 5) is 0. The van der Waals surface area contributed by atoms with Gasteiger partial charge in [-0.1, -0.05) is 0 Å². The third-order valence-corrected chi connectivity index (χ3v) is 8.01. The second kappa shape index (κ2) is 10.7. The predicted octanol–water partition coefficient (Wildman–Crippen LogP) is -2.85. The molecule has 33 heavy (non-hydrogen) atoms. The Kier molecular flexibility index (Phi) is 8.29. The molecule has 2 aliphatic heterocycles. The van der Waals surface area contributed by atoms with Gasteiger partial charge in [0.1, 0.15) is 30.5 Å². The van der Waals surface area contributed by atoms with E-state index >= 15 is 0 Å². The number of aliphatic hydroxyl groups excluding tert-OH is 7. The van der Waals surface area contributed by atoms with Crippen molar-refractivity contribution < 1.29 is 54.7 Å². The Morgan fingerprint density at radius 3 is 2.30 bits per heavy atom. The Morgan fingerprint density at radius 1 is 0.848 bits per heavy atom. The predicted molar refractivity (Wildman–Crippen MR) is 112 cm³/mol. The van der Waals surface area contributed by atoms with Gasteiger partial charge in [0.2, 0.25) is 0 Å². The van der Waals surface area contributed by atoms with E-state index in [2.05, 4.69) is 0 Å². The molecule has 4 fully saturated rings. The van der Waals surface area contributed by atoms with Crippen molar-refractivity contribution in [3.05, 3.63) is 0 Å². The standard InChI is InChI=1S/C22H38O11/c1-30-15-4-9(2-3-12(15)25)21-16(7-11-13(26)5-10(24)6-14(11)31-21)32-22-20(29)19(28)18(27)17(8-23)33-22/h9-29H,2-8H2,1H3/p+1. The van der Waals surface area contributed by atoms with Crippen LogP contribution in [-0.4, -0.2) is 128 Å². The van der Waals surface area contributed by atoms with Gasteiger partial charge in [0.15, 0.2) is 18.5 Å². The monoisotopic (exact) mass is 479 g/mol. The maximum atomic E-state index is 10.6. The summed E-state index contributed by atoms with van der Waals surface area (Å²) in [5.41, 5.74) is 0. The SMILES string of the molecule is COC1CC(C2[OH+]C3CC(O)CC(O)C3CC2OC2OC(CO)C(O)C(O)C2O)CCC1O.